The topological polar surface area (TPSA) is 50.2 Å². The third-order valence-corrected chi connectivity index (χ3v) is 4.01. The van der Waals surface area contributed by atoms with Gasteiger partial charge in [-0.15, -0.1) is 0 Å². The smallest absolute Gasteiger partial charge is 0.336 e. The predicted octanol–water partition coefficient (Wildman–Crippen LogP) is 3.71. The first-order chi connectivity index (χ1) is 9.06. The first-order valence-corrected chi connectivity index (χ1v) is 6.78. The lowest BCUT2D eigenvalue weighted by molar-refractivity contribution is 0.0697. The molecule has 1 aliphatic carbocycles. The van der Waals surface area contributed by atoms with E-state index in [0.717, 1.165) is 30.5 Å². The van der Waals surface area contributed by atoms with Crippen LogP contribution < -0.4 is 0 Å². The number of aryl methyl sites for hydroxylation is 1. The summed E-state index contributed by atoms with van der Waals surface area (Å²) in [6, 6.07) is 5.21. The van der Waals surface area contributed by atoms with Gasteiger partial charge >= 0.3 is 5.97 Å². The van der Waals surface area contributed by atoms with Gasteiger partial charge in [0.15, 0.2) is 0 Å². The van der Waals surface area contributed by atoms with Crippen molar-refractivity contribution in [2.24, 2.45) is 5.92 Å². The molecule has 1 heterocycles. The minimum atomic E-state index is -0.875. The lowest BCUT2D eigenvalue weighted by atomic mass is 9.84. The Kier molecular flexibility index (Phi) is 2.94. The summed E-state index contributed by atoms with van der Waals surface area (Å²) in [4.78, 5) is 16.2. The number of carbonyl (C=O) groups is 1. The van der Waals surface area contributed by atoms with Crippen LogP contribution in [0.25, 0.3) is 10.9 Å². The van der Waals surface area contributed by atoms with E-state index in [0.29, 0.717) is 27.4 Å². The average Bonchev–Trinajstić information content (AvgIpc) is 2.35. The number of halogens is 1. The summed E-state index contributed by atoms with van der Waals surface area (Å²) in [5.41, 5.74) is 2.91. The highest BCUT2D eigenvalue weighted by molar-refractivity contribution is 6.31. The molecule has 0 saturated carbocycles. The average molecular weight is 276 g/mol. The maximum Gasteiger partial charge on any atom is 0.336 e. The summed E-state index contributed by atoms with van der Waals surface area (Å²) in [5.74, 6) is -0.364. The van der Waals surface area contributed by atoms with Gasteiger partial charge in [-0.05, 0) is 42.9 Å². The van der Waals surface area contributed by atoms with Gasteiger partial charge in [0.25, 0.3) is 0 Å². The van der Waals surface area contributed by atoms with Crippen molar-refractivity contribution in [3.05, 3.63) is 40.0 Å². The van der Waals surface area contributed by atoms with E-state index in [1.54, 1.807) is 18.2 Å². The van der Waals surface area contributed by atoms with Crippen LogP contribution in [0.4, 0.5) is 0 Å². The molecule has 0 spiro atoms. The van der Waals surface area contributed by atoms with E-state index >= 15 is 0 Å². The fraction of sp³-hybridized carbons (Fsp3) is 0.333. The van der Waals surface area contributed by atoms with Crippen LogP contribution in [0.15, 0.2) is 18.2 Å². The van der Waals surface area contributed by atoms with Crippen molar-refractivity contribution in [1.29, 1.82) is 0 Å². The number of aromatic carboxylic acids is 1. The normalized spacial score (nSPS) is 18.3. The van der Waals surface area contributed by atoms with Crippen molar-refractivity contribution < 1.29 is 9.90 Å². The number of fused-ring (bicyclic) bond motifs is 2. The Morgan fingerprint density at radius 1 is 1.47 bits per heavy atom. The van der Waals surface area contributed by atoms with E-state index in [9.17, 15) is 9.90 Å². The minimum Gasteiger partial charge on any atom is -0.478 e. The molecule has 19 heavy (non-hydrogen) atoms. The molecule has 2 aromatic rings. The first-order valence-electron chi connectivity index (χ1n) is 6.40. The number of hydrogen-bond acceptors (Lipinski definition) is 2. The van der Waals surface area contributed by atoms with Crippen molar-refractivity contribution in [1.82, 2.24) is 4.98 Å². The molecule has 0 bridgehead atoms. The number of nitrogens with zero attached hydrogens (tertiary/aromatic N) is 1. The maximum absolute atomic E-state index is 11.6. The van der Waals surface area contributed by atoms with Gasteiger partial charge in [0, 0.05) is 16.1 Å². The predicted molar refractivity (Wildman–Crippen MR) is 74.9 cm³/mol. The molecule has 4 heteroatoms. The van der Waals surface area contributed by atoms with E-state index in [4.69, 9.17) is 11.6 Å². The Bertz CT molecular complexity index is 681. The second-order valence-corrected chi connectivity index (χ2v) is 5.66. The van der Waals surface area contributed by atoms with E-state index in [1.807, 2.05) is 0 Å². The van der Waals surface area contributed by atoms with Crippen LogP contribution in [0, 0.1) is 5.92 Å². The van der Waals surface area contributed by atoms with Crippen molar-refractivity contribution in [3.63, 3.8) is 0 Å². The lowest BCUT2D eigenvalue weighted by Gasteiger charge is -2.23. The fourth-order valence-electron chi connectivity index (χ4n) is 2.83. The Balaban J connectivity index is 2.36. The standard InChI is InChI=1S/C15H14ClNO2/c1-8-2-5-12-11(6-8)14(15(18)19)10-4-3-9(16)7-13(10)17-12/h3-4,7-8H,2,5-6H2,1H3,(H,18,19). The van der Waals surface area contributed by atoms with E-state index < -0.39 is 5.97 Å². The summed E-state index contributed by atoms with van der Waals surface area (Å²) < 4.78 is 0. The highest BCUT2D eigenvalue weighted by Gasteiger charge is 2.24. The number of rotatable bonds is 1. The Labute approximate surface area is 116 Å². The molecular formula is C15H14ClNO2. The summed E-state index contributed by atoms with van der Waals surface area (Å²) in [6.45, 7) is 2.15. The molecule has 0 saturated heterocycles. The fourth-order valence-corrected chi connectivity index (χ4v) is 3.00. The third-order valence-electron chi connectivity index (χ3n) is 3.78. The molecular weight excluding hydrogens is 262 g/mol. The van der Waals surface area contributed by atoms with E-state index in [1.165, 1.54) is 0 Å². The Morgan fingerprint density at radius 3 is 3.00 bits per heavy atom. The van der Waals surface area contributed by atoms with Crippen LogP contribution >= 0.6 is 11.6 Å². The van der Waals surface area contributed by atoms with Gasteiger partial charge in [0.2, 0.25) is 0 Å². The molecule has 3 rings (SSSR count). The number of hydrogen-bond donors (Lipinski definition) is 1. The van der Waals surface area contributed by atoms with Crippen LogP contribution in [0.3, 0.4) is 0 Å². The quantitative estimate of drug-likeness (QED) is 0.863. The van der Waals surface area contributed by atoms with Crippen LogP contribution in [0.5, 0.6) is 0 Å². The Hall–Kier alpha value is -1.61. The van der Waals surface area contributed by atoms with Crippen LogP contribution in [-0.4, -0.2) is 16.1 Å². The maximum atomic E-state index is 11.6. The minimum absolute atomic E-state index is 0.406. The summed E-state index contributed by atoms with van der Waals surface area (Å²) in [6.07, 6.45) is 2.70. The molecule has 1 unspecified atom stereocenters. The zero-order valence-corrected chi connectivity index (χ0v) is 11.4. The number of pyridine rings is 1. The van der Waals surface area contributed by atoms with Crippen LogP contribution in [-0.2, 0) is 12.8 Å². The van der Waals surface area contributed by atoms with Crippen molar-refractivity contribution in [2.75, 3.05) is 0 Å². The van der Waals surface area contributed by atoms with Gasteiger partial charge in [-0.2, -0.15) is 0 Å². The SMILES string of the molecule is CC1CCc2nc3cc(Cl)ccc3c(C(=O)O)c2C1. The lowest BCUT2D eigenvalue weighted by Crippen LogP contribution is -2.18. The largest absolute Gasteiger partial charge is 0.478 e. The van der Waals surface area contributed by atoms with Crippen LogP contribution in [0.2, 0.25) is 5.02 Å². The first kappa shape index (κ1) is 12.4. The third kappa shape index (κ3) is 2.08. The highest BCUT2D eigenvalue weighted by atomic mass is 35.5. The van der Waals surface area contributed by atoms with Gasteiger partial charge in [-0.3, -0.25) is 4.98 Å². The molecule has 1 aromatic carbocycles. The van der Waals surface area contributed by atoms with E-state index in [-0.39, 0.29) is 0 Å². The number of benzene rings is 1. The van der Waals surface area contributed by atoms with Gasteiger partial charge < -0.3 is 5.11 Å². The van der Waals surface area contributed by atoms with Gasteiger partial charge in [-0.1, -0.05) is 24.6 Å². The van der Waals surface area contributed by atoms with Crippen molar-refractivity contribution in [3.8, 4) is 0 Å². The number of carboxylic acids is 1. The molecule has 1 atom stereocenters. The van der Waals surface area contributed by atoms with Gasteiger partial charge in [0.05, 0.1) is 11.1 Å². The van der Waals surface area contributed by atoms with Gasteiger partial charge in [-0.25, -0.2) is 4.79 Å². The van der Waals surface area contributed by atoms with Crippen molar-refractivity contribution in [2.45, 2.75) is 26.2 Å². The molecule has 1 N–H and O–H groups in total. The number of carboxylic acid groups (broad SMARTS) is 1. The molecule has 0 aliphatic heterocycles. The summed E-state index contributed by atoms with van der Waals surface area (Å²) >= 11 is 5.97. The molecule has 0 amide bonds. The van der Waals surface area contributed by atoms with Crippen LogP contribution in [0.1, 0.15) is 35.0 Å². The monoisotopic (exact) mass is 275 g/mol. The number of aromatic nitrogens is 1. The zero-order chi connectivity index (χ0) is 13.6. The molecule has 0 radical (unpaired) electrons. The zero-order valence-electron chi connectivity index (χ0n) is 10.6. The molecule has 98 valence electrons. The molecule has 0 fully saturated rings. The second kappa shape index (κ2) is 4.49. The highest BCUT2D eigenvalue weighted by Crippen LogP contribution is 2.32. The summed E-state index contributed by atoms with van der Waals surface area (Å²) in [5, 5.41) is 10.8. The molecule has 1 aromatic heterocycles. The van der Waals surface area contributed by atoms with E-state index in [2.05, 4.69) is 11.9 Å². The molecule has 1 aliphatic rings. The Morgan fingerprint density at radius 2 is 2.26 bits per heavy atom. The second-order valence-electron chi connectivity index (χ2n) is 5.23. The van der Waals surface area contributed by atoms with Crippen molar-refractivity contribution >= 4 is 28.5 Å². The van der Waals surface area contributed by atoms with Gasteiger partial charge in [0.1, 0.15) is 0 Å². The summed E-state index contributed by atoms with van der Waals surface area (Å²) in [7, 11) is 0. The molecule has 3 nitrogen and oxygen atoms in total.